The van der Waals surface area contributed by atoms with Gasteiger partial charge in [0.25, 0.3) is 5.91 Å². The van der Waals surface area contributed by atoms with Crippen LogP contribution < -0.4 is 24.4 Å². The van der Waals surface area contributed by atoms with Crippen molar-refractivity contribution in [2.24, 2.45) is 5.10 Å². The van der Waals surface area contributed by atoms with Crippen LogP contribution in [-0.2, 0) is 6.61 Å². The first-order valence-corrected chi connectivity index (χ1v) is 10.0. The standard InChI is InChI=1S/C24H23ClN2O5/c1-29-19-11-18(12-20(13-19)30-2)24(28)27-26-14-16-8-9-22(23(10-16)31-3)32-15-17-6-4-5-7-21(17)25/h4-14H,15H2,1-3H3,(H,27,28). The van der Waals surface area contributed by atoms with Gasteiger partial charge in [0.05, 0.1) is 27.5 Å². The Bertz CT molecular complexity index is 1100. The van der Waals surface area contributed by atoms with Gasteiger partial charge < -0.3 is 18.9 Å². The van der Waals surface area contributed by atoms with Crippen LogP contribution in [0, 0.1) is 0 Å². The van der Waals surface area contributed by atoms with Gasteiger partial charge in [0.2, 0.25) is 0 Å². The average molecular weight is 455 g/mol. The summed E-state index contributed by atoms with van der Waals surface area (Å²) in [5.74, 6) is 1.72. The van der Waals surface area contributed by atoms with E-state index in [9.17, 15) is 4.79 Å². The highest BCUT2D eigenvalue weighted by Crippen LogP contribution is 2.29. The SMILES string of the molecule is COc1cc(OC)cc(C(=O)NN=Cc2ccc(OCc3ccccc3Cl)c(OC)c2)c1. The number of methoxy groups -OCH3 is 3. The quantitative estimate of drug-likeness (QED) is 0.374. The second kappa shape index (κ2) is 11.1. The van der Waals surface area contributed by atoms with E-state index in [0.717, 1.165) is 11.1 Å². The molecule has 0 saturated carbocycles. The monoisotopic (exact) mass is 454 g/mol. The smallest absolute Gasteiger partial charge is 0.271 e. The maximum atomic E-state index is 12.4. The number of hydrogen-bond donors (Lipinski definition) is 1. The van der Waals surface area contributed by atoms with Crippen molar-refractivity contribution in [2.75, 3.05) is 21.3 Å². The molecule has 8 heteroatoms. The summed E-state index contributed by atoms with van der Waals surface area (Å²) in [5.41, 5.74) is 4.44. The highest BCUT2D eigenvalue weighted by Gasteiger charge is 2.10. The van der Waals surface area contributed by atoms with Crippen molar-refractivity contribution in [1.29, 1.82) is 0 Å². The summed E-state index contributed by atoms with van der Waals surface area (Å²) in [4.78, 5) is 12.4. The van der Waals surface area contributed by atoms with Crippen molar-refractivity contribution in [2.45, 2.75) is 6.61 Å². The van der Waals surface area contributed by atoms with Crippen LogP contribution >= 0.6 is 11.6 Å². The van der Waals surface area contributed by atoms with E-state index in [-0.39, 0.29) is 0 Å². The lowest BCUT2D eigenvalue weighted by Gasteiger charge is -2.12. The van der Waals surface area contributed by atoms with Crippen molar-refractivity contribution >= 4 is 23.7 Å². The van der Waals surface area contributed by atoms with Gasteiger partial charge in [0.15, 0.2) is 11.5 Å². The van der Waals surface area contributed by atoms with Crippen LogP contribution in [0.4, 0.5) is 0 Å². The Morgan fingerprint density at radius 3 is 2.31 bits per heavy atom. The first-order valence-electron chi connectivity index (χ1n) is 9.64. The van der Waals surface area contributed by atoms with Crippen LogP contribution in [0.5, 0.6) is 23.0 Å². The topological polar surface area (TPSA) is 78.4 Å². The van der Waals surface area contributed by atoms with Crippen molar-refractivity contribution in [3.05, 3.63) is 82.4 Å². The first-order chi connectivity index (χ1) is 15.5. The maximum absolute atomic E-state index is 12.4. The molecule has 0 aliphatic rings. The fourth-order valence-electron chi connectivity index (χ4n) is 2.82. The molecule has 3 aromatic carbocycles. The van der Waals surface area contributed by atoms with Crippen molar-refractivity contribution in [1.82, 2.24) is 5.43 Å². The van der Waals surface area contributed by atoms with Gasteiger partial charge in [-0.1, -0.05) is 29.8 Å². The molecule has 0 radical (unpaired) electrons. The van der Waals surface area contributed by atoms with Crippen LogP contribution in [0.3, 0.4) is 0 Å². The summed E-state index contributed by atoms with van der Waals surface area (Å²) >= 11 is 6.17. The number of amides is 1. The summed E-state index contributed by atoms with van der Waals surface area (Å²) in [7, 11) is 4.59. The number of rotatable bonds is 9. The van der Waals surface area contributed by atoms with E-state index in [0.29, 0.717) is 40.2 Å². The molecule has 1 amide bonds. The maximum Gasteiger partial charge on any atom is 0.271 e. The summed E-state index contributed by atoms with van der Waals surface area (Å²) in [6.07, 6.45) is 1.51. The lowest BCUT2D eigenvalue weighted by molar-refractivity contribution is 0.0954. The van der Waals surface area contributed by atoms with E-state index >= 15 is 0 Å². The Hall–Kier alpha value is -3.71. The number of halogens is 1. The van der Waals surface area contributed by atoms with E-state index < -0.39 is 5.91 Å². The van der Waals surface area contributed by atoms with Crippen molar-refractivity contribution < 1.29 is 23.7 Å². The zero-order chi connectivity index (χ0) is 22.9. The van der Waals surface area contributed by atoms with E-state index in [1.165, 1.54) is 20.4 Å². The van der Waals surface area contributed by atoms with Gasteiger partial charge in [-0.05, 0) is 42.0 Å². The third-order valence-electron chi connectivity index (χ3n) is 4.52. The molecule has 3 rings (SSSR count). The van der Waals surface area contributed by atoms with Crippen LogP contribution in [0.2, 0.25) is 5.02 Å². The predicted octanol–water partition coefficient (Wildman–Crippen LogP) is 4.71. The molecule has 0 spiro atoms. The van der Waals surface area contributed by atoms with Crippen molar-refractivity contribution in [3.8, 4) is 23.0 Å². The second-order valence-corrected chi connectivity index (χ2v) is 7.00. The summed E-state index contributed by atoms with van der Waals surface area (Å²) in [6, 6.07) is 17.7. The Morgan fingerprint density at radius 2 is 1.66 bits per heavy atom. The van der Waals surface area contributed by atoms with Crippen LogP contribution in [-0.4, -0.2) is 33.5 Å². The molecule has 0 fully saturated rings. The molecular formula is C24H23ClN2O5. The molecule has 0 unspecified atom stereocenters. The zero-order valence-electron chi connectivity index (χ0n) is 17.9. The predicted molar refractivity (Wildman–Crippen MR) is 123 cm³/mol. The summed E-state index contributed by atoms with van der Waals surface area (Å²) in [6.45, 7) is 0.309. The molecule has 1 N–H and O–H groups in total. The molecule has 0 aromatic heterocycles. The number of carbonyl (C=O) groups is 1. The Morgan fingerprint density at radius 1 is 0.938 bits per heavy atom. The van der Waals surface area contributed by atoms with Gasteiger partial charge in [-0.25, -0.2) is 5.43 Å². The fourth-order valence-corrected chi connectivity index (χ4v) is 3.01. The molecular weight excluding hydrogens is 432 g/mol. The molecule has 0 aliphatic carbocycles. The number of benzene rings is 3. The van der Waals surface area contributed by atoms with Gasteiger partial charge in [-0.2, -0.15) is 5.10 Å². The molecule has 0 bridgehead atoms. The minimum absolute atomic E-state index is 0.309. The van der Waals surface area contributed by atoms with E-state index in [4.69, 9.17) is 30.5 Å². The molecule has 32 heavy (non-hydrogen) atoms. The number of ether oxygens (including phenoxy) is 4. The largest absolute Gasteiger partial charge is 0.497 e. The number of carbonyl (C=O) groups excluding carboxylic acids is 1. The molecule has 0 heterocycles. The third-order valence-corrected chi connectivity index (χ3v) is 4.89. The number of hydrogen-bond acceptors (Lipinski definition) is 6. The Kier molecular flexibility index (Phi) is 7.94. The average Bonchev–Trinajstić information content (AvgIpc) is 2.83. The lowest BCUT2D eigenvalue weighted by atomic mass is 10.2. The number of nitrogens with zero attached hydrogens (tertiary/aromatic N) is 1. The summed E-state index contributed by atoms with van der Waals surface area (Å²) < 4.78 is 21.6. The molecule has 0 atom stereocenters. The van der Waals surface area contributed by atoms with E-state index in [1.54, 1.807) is 43.5 Å². The highest BCUT2D eigenvalue weighted by molar-refractivity contribution is 6.31. The second-order valence-electron chi connectivity index (χ2n) is 6.59. The normalized spacial score (nSPS) is 10.6. The van der Waals surface area contributed by atoms with Gasteiger partial charge in [0.1, 0.15) is 18.1 Å². The Balaban J connectivity index is 1.66. The van der Waals surface area contributed by atoms with E-state index in [1.807, 2.05) is 24.3 Å². The zero-order valence-corrected chi connectivity index (χ0v) is 18.7. The number of hydrazone groups is 1. The van der Waals surface area contributed by atoms with Crippen LogP contribution in [0.25, 0.3) is 0 Å². The molecule has 3 aromatic rings. The molecule has 166 valence electrons. The number of nitrogens with one attached hydrogen (secondary N) is 1. The molecule has 0 saturated heterocycles. The van der Waals surface area contributed by atoms with Gasteiger partial charge in [-0.15, -0.1) is 0 Å². The Labute approximate surface area is 191 Å². The summed E-state index contributed by atoms with van der Waals surface area (Å²) in [5, 5.41) is 4.66. The highest BCUT2D eigenvalue weighted by atomic mass is 35.5. The fraction of sp³-hybridized carbons (Fsp3) is 0.167. The van der Waals surface area contributed by atoms with Gasteiger partial charge in [-0.3, -0.25) is 4.79 Å². The third kappa shape index (κ3) is 5.92. The van der Waals surface area contributed by atoms with E-state index in [2.05, 4.69) is 10.5 Å². The molecule has 0 aliphatic heterocycles. The van der Waals surface area contributed by atoms with Gasteiger partial charge >= 0.3 is 0 Å². The van der Waals surface area contributed by atoms with Crippen LogP contribution in [0.15, 0.2) is 65.8 Å². The van der Waals surface area contributed by atoms with Gasteiger partial charge in [0, 0.05) is 22.2 Å². The molecule has 7 nitrogen and oxygen atoms in total. The first kappa shape index (κ1) is 23.0. The van der Waals surface area contributed by atoms with Crippen LogP contribution in [0.1, 0.15) is 21.5 Å². The minimum atomic E-state index is -0.398. The minimum Gasteiger partial charge on any atom is -0.497 e. The lowest BCUT2D eigenvalue weighted by Crippen LogP contribution is -2.17. The van der Waals surface area contributed by atoms with Crippen molar-refractivity contribution in [3.63, 3.8) is 0 Å².